The van der Waals surface area contributed by atoms with Crippen molar-refractivity contribution >= 4 is 0 Å². The van der Waals surface area contributed by atoms with Gasteiger partial charge in [-0.3, -0.25) is 9.80 Å². The molecule has 0 bridgehead atoms. The van der Waals surface area contributed by atoms with Gasteiger partial charge in [0.2, 0.25) is 0 Å². The van der Waals surface area contributed by atoms with Gasteiger partial charge in [0.25, 0.3) is 0 Å². The fourth-order valence-corrected chi connectivity index (χ4v) is 4.34. The summed E-state index contributed by atoms with van der Waals surface area (Å²) in [5.41, 5.74) is 2.27. The monoisotopic (exact) mass is 326 g/mol. The van der Waals surface area contributed by atoms with Crippen molar-refractivity contribution in [3.8, 4) is 12.3 Å². The van der Waals surface area contributed by atoms with Gasteiger partial charge in [-0.15, -0.1) is 6.42 Å². The predicted molar refractivity (Wildman–Crippen MR) is 98.7 cm³/mol. The van der Waals surface area contributed by atoms with Crippen LogP contribution in [-0.2, 0) is 6.54 Å². The smallest absolute Gasteiger partial charge is 0.0446 e. The van der Waals surface area contributed by atoms with Gasteiger partial charge in [0.15, 0.2) is 0 Å². The molecule has 2 aliphatic rings. The van der Waals surface area contributed by atoms with Gasteiger partial charge < -0.3 is 5.11 Å². The molecule has 0 spiro atoms. The van der Waals surface area contributed by atoms with E-state index in [1.165, 1.54) is 37.7 Å². The van der Waals surface area contributed by atoms with E-state index in [0.717, 1.165) is 44.2 Å². The Morgan fingerprint density at radius 1 is 1.08 bits per heavy atom. The first-order chi connectivity index (χ1) is 11.8. The normalized spacial score (nSPS) is 23.9. The Morgan fingerprint density at radius 3 is 2.50 bits per heavy atom. The third-order valence-corrected chi connectivity index (χ3v) is 5.65. The van der Waals surface area contributed by atoms with Crippen LogP contribution in [0.5, 0.6) is 0 Å². The van der Waals surface area contributed by atoms with Crippen LogP contribution >= 0.6 is 0 Å². The fraction of sp³-hybridized carbons (Fsp3) is 0.619. The van der Waals surface area contributed by atoms with Crippen LogP contribution in [0.2, 0.25) is 0 Å². The summed E-state index contributed by atoms with van der Waals surface area (Å²) in [5, 5.41) is 9.50. The Hall–Kier alpha value is -1.34. The molecule has 3 heteroatoms. The van der Waals surface area contributed by atoms with E-state index in [1.54, 1.807) is 0 Å². The summed E-state index contributed by atoms with van der Waals surface area (Å²) < 4.78 is 0. The lowest BCUT2D eigenvalue weighted by Gasteiger charge is -2.46. The second-order valence-corrected chi connectivity index (χ2v) is 7.27. The largest absolute Gasteiger partial charge is 0.396 e. The Bertz CT molecular complexity index is 542. The van der Waals surface area contributed by atoms with Gasteiger partial charge in [-0.1, -0.05) is 37.3 Å². The molecule has 0 amide bonds. The molecule has 1 aliphatic carbocycles. The van der Waals surface area contributed by atoms with E-state index < -0.39 is 0 Å². The van der Waals surface area contributed by atoms with Gasteiger partial charge in [0.05, 0.1) is 0 Å². The molecule has 1 atom stereocenters. The van der Waals surface area contributed by atoms with E-state index in [0.29, 0.717) is 12.6 Å². The van der Waals surface area contributed by atoms with Crippen LogP contribution in [0.15, 0.2) is 24.3 Å². The number of benzene rings is 1. The van der Waals surface area contributed by atoms with Crippen LogP contribution in [0.1, 0.15) is 49.7 Å². The number of rotatable bonds is 5. The highest BCUT2D eigenvalue weighted by molar-refractivity contribution is 5.34. The Balaban J connectivity index is 1.60. The second-order valence-electron chi connectivity index (χ2n) is 7.27. The molecule has 1 saturated carbocycles. The van der Waals surface area contributed by atoms with Crippen molar-refractivity contribution in [2.45, 2.75) is 57.2 Å². The lowest BCUT2D eigenvalue weighted by Crippen LogP contribution is -2.56. The molecule has 1 heterocycles. The summed E-state index contributed by atoms with van der Waals surface area (Å²) >= 11 is 0. The van der Waals surface area contributed by atoms with Crippen molar-refractivity contribution in [1.82, 2.24) is 9.80 Å². The van der Waals surface area contributed by atoms with Crippen LogP contribution in [0.25, 0.3) is 0 Å². The number of nitrogens with zero attached hydrogens (tertiary/aromatic N) is 2. The Labute approximate surface area is 146 Å². The van der Waals surface area contributed by atoms with Gasteiger partial charge in [0, 0.05) is 50.4 Å². The van der Waals surface area contributed by atoms with E-state index in [-0.39, 0.29) is 0 Å². The summed E-state index contributed by atoms with van der Waals surface area (Å²) in [7, 11) is 0. The van der Waals surface area contributed by atoms with Crippen molar-refractivity contribution < 1.29 is 5.11 Å². The molecule has 1 aliphatic heterocycles. The molecule has 130 valence electrons. The van der Waals surface area contributed by atoms with Crippen molar-refractivity contribution in [3.63, 3.8) is 0 Å². The minimum Gasteiger partial charge on any atom is -0.396 e. The zero-order valence-corrected chi connectivity index (χ0v) is 14.7. The molecule has 1 aromatic carbocycles. The van der Waals surface area contributed by atoms with Crippen molar-refractivity contribution in [1.29, 1.82) is 0 Å². The number of hydrogen-bond acceptors (Lipinski definition) is 3. The highest BCUT2D eigenvalue weighted by atomic mass is 16.3. The Kier molecular flexibility index (Phi) is 6.31. The molecule has 1 saturated heterocycles. The highest BCUT2D eigenvalue weighted by Gasteiger charge is 2.32. The molecule has 1 N–H and O–H groups in total. The minimum atomic E-state index is 0.290. The SMILES string of the molecule is C#Cc1ccc(CN2CCN(C3CCCCC3)C(CCO)C2)cc1. The summed E-state index contributed by atoms with van der Waals surface area (Å²) in [4.78, 5) is 5.23. The molecular formula is C21H30N2O. The molecule has 1 unspecified atom stereocenters. The molecule has 0 aromatic heterocycles. The van der Waals surface area contributed by atoms with Gasteiger partial charge in [-0.25, -0.2) is 0 Å². The standard InChI is InChI=1S/C21H30N2O/c1-2-18-8-10-19(11-9-18)16-22-13-14-23(21(17-22)12-15-24)20-6-4-3-5-7-20/h1,8-11,20-21,24H,3-7,12-17H2. The van der Waals surface area contributed by atoms with Crippen LogP contribution in [0.4, 0.5) is 0 Å². The van der Waals surface area contributed by atoms with E-state index in [9.17, 15) is 5.11 Å². The quantitative estimate of drug-likeness (QED) is 0.843. The van der Waals surface area contributed by atoms with Crippen LogP contribution < -0.4 is 0 Å². The molecule has 2 fully saturated rings. The predicted octanol–water partition coefficient (Wildman–Crippen LogP) is 2.87. The van der Waals surface area contributed by atoms with Crippen LogP contribution in [0, 0.1) is 12.3 Å². The second kappa shape index (κ2) is 8.67. The van der Waals surface area contributed by atoms with E-state index in [2.05, 4.69) is 27.9 Å². The molecule has 0 radical (unpaired) electrons. The minimum absolute atomic E-state index is 0.290. The first-order valence-corrected chi connectivity index (χ1v) is 9.44. The maximum atomic E-state index is 9.50. The number of terminal acetylenes is 1. The molecule has 1 aromatic rings. The Morgan fingerprint density at radius 2 is 1.83 bits per heavy atom. The van der Waals surface area contributed by atoms with Gasteiger partial charge in [-0.05, 0) is 37.0 Å². The molecule has 3 rings (SSSR count). The maximum absolute atomic E-state index is 9.50. The van der Waals surface area contributed by atoms with Crippen LogP contribution in [0.3, 0.4) is 0 Å². The van der Waals surface area contributed by atoms with Crippen molar-refractivity contribution in [2.75, 3.05) is 26.2 Å². The first kappa shape index (κ1) is 17.5. The zero-order chi connectivity index (χ0) is 16.8. The summed E-state index contributed by atoms with van der Waals surface area (Å²) in [6.45, 7) is 4.59. The number of aliphatic hydroxyl groups is 1. The molecular weight excluding hydrogens is 296 g/mol. The summed E-state index contributed by atoms with van der Waals surface area (Å²) in [6.07, 6.45) is 13.2. The maximum Gasteiger partial charge on any atom is 0.0446 e. The number of piperazine rings is 1. The molecule has 24 heavy (non-hydrogen) atoms. The summed E-state index contributed by atoms with van der Waals surface area (Å²) in [6, 6.07) is 9.58. The van der Waals surface area contributed by atoms with Crippen LogP contribution in [-0.4, -0.2) is 53.2 Å². The van der Waals surface area contributed by atoms with Gasteiger partial charge >= 0.3 is 0 Å². The average Bonchev–Trinajstić information content (AvgIpc) is 2.64. The van der Waals surface area contributed by atoms with Crippen molar-refractivity contribution in [3.05, 3.63) is 35.4 Å². The van der Waals surface area contributed by atoms with Gasteiger partial charge in [-0.2, -0.15) is 0 Å². The third-order valence-electron chi connectivity index (χ3n) is 5.65. The van der Waals surface area contributed by atoms with E-state index in [4.69, 9.17) is 6.42 Å². The molecule has 3 nitrogen and oxygen atoms in total. The lowest BCUT2D eigenvalue weighted by atomic mass is 9.91. The number of hydrogen-bond donors (Lipinski definition) is 1. The highest BCUT2D eigenvalue weighted by Crippen LogP contribution is 2.27. The first-order valence-electron chi connectivity index (χ1n) is 9.44. The third kappa shape index (κ3) is 4.39. The lowest BCUT2D eigenvalue weighted by molar-refractivity contribution is 0.0137. The summed E-state index contributed by atoms with van der Waals surface area (Å²) in [5.74, 6) is 2.68. The van der Waals surface area contributed by atoms with E-state index in [1.807, 2.05) is 12.1 Å². The van der Waals surface area contributed by atoms with Gasteiger partial charge in [0.1, 0.15) is 0 Å². The number of aliphatic hydroxyl groups excluding tert-OH is 1. The fourth-order valence-electron chi connectivity index (χ4n) is 4.34. The zero-order valence-electron chi connectivity index (χ0n) is 14.7. The average molecular weight is 326 g/mol. The van der Waals surface area contributed by atoms with Crippen molar-refractivity contribution in [2.24, 2.45) is 0 Å². The topological polar surface area (TPSA) is 26.7 Å². The van der Waals surface area contributed by atoms with E-state index >= 15 is 0 Å².